The summed E-state index contributed by atoms with van der Waals surface area (Å²) in [6.07, 6.45) is 0.752. The Hall–Kier alpha value is -1.10. The summed E-state index contributed by atoms with van der Waals surface area (Å²) in [6.45, 7) is 9.66. The maximum absolute atomic E-state index is 11.9. The van der Waals surface area contributed by atoms with E-state index in [0.717, 1.165) is 6.42 Å². The van der Waals surface area contributed by atoms with Gasteiger partial charge in [-0.05, 0) is 26.2 Å². The van der Waals surface area contributed by atoms with Crippen molar-refractivity contribution >= 4 is 11.8 Å². The topological polar surface area (TPSA) is 75.4 Å². The lowest BCUT2D eigenvalue weighted by Crippen LogP contribution is -2.43. The molecule has 0 bridgehead atoms. The normalized spacial score (nSPS) is 12.3. The van der Waals surface area contributed by atoms with Crippen LogP contribution in [0.3, 0.4) is 0 Å². The highest BCUT2D eigenvalue weighted by molar-refractivity contribution is 5.85. The van der Waals surface area contributed by atoms with Crippen LogP contribution in [-0.2, 0) is 9.59 Å². The van der Waals surface area contributed by atoms with E-state index in [1.165, 1.54) is 0 Å². The van der Waals surface area contributed by atoms with Crippen LogP contribution >= 0.6 is 0 Å². The summed E-state index contributed by atoms with van der Waals surface area (Å²) in [5.74, 6) is 0.0534. The van der Waals surface area contributed by atoms with E-state index in [-0.39, 0.29) is 24.3 Å². The van der Waals surface area contributed by atoms with E-state index in [1.807, 2.05) is 13.8 Å². The number of carbonyl (C=O) groups is 2. The van der Waals surface area contributed by atoms with E-state index in [9.17, 15) is 9.59 Å². The van der Waals surface area contributed by atoms with E-state index in [1.54, 1.807) is 4.90 Å². The molecule has 0 aromatic heterocycles. The number of amides is 2. The second kappa shape index (κ2) is 8.91. The number of hydrogen-bond acceptors (Lipinski definition) is 3. The van der Waals surface area contributed by atoms with Crippen molar-refractivity contribution in [3.8, 4) is 0 Å². The Morgan fingerprint density at radius 2 is 1.78 bits per heavy atom. The average molecular weight is 257 g/mol. The molecular formula is C13H27N3O2. The molecule has 0 aliphatic carbocycles. The van der Waals surface area contributed by atoms with Crippen molar-refractivity contribution in [3.05, 3.63) is 0 Å². The van der Waals surface area contributed by atoms with E-state index in [2.05, 4.69) is 19.2 Å². The lowest BCUT2D eigenvalue weighted by Gasteiger charge is -2.20. The van der Waals surface area contributed by atoms with E-state index in [0.29, 0.717) is 25.6 Å². The Kier molecular flexibility index (Phi) is 8.37. The Morgan fingerprint density at radius 1 is 1.22 bits per heavy atom. The minimum absolute atomic E-state index is 0.0475. The summed E-state index contributed by atoms with van der Waals surface area (Å²) in [5.41, 5.74) is 5.58. The molecular weight excluding hydrogens is 230 g/mol. The highest BCUT2D eigenvalue weighted by atomic mass is 16.2. The fourth-order valence-electron chi connectivity index (χ4n) is 1.87. The second-order valence-corrected chi connectivity index (χ2v) is 4.85. The van der Waals surface area contributed by atoms with Gasteiger partial charge in [0.15, 0.2) is 0 Å². The van der Waals surface area contributed by atoms with Crippen molar-refractivity contribution in [1.29, 1.82) is 0 Å². The van der Waals surface area contributed by atoms with E-state index >= 15 is 0 Å². The zero-order valence-corrected chi connectivity index (χ0v) is 12.0. The largest absolute Gasteiger partial charge is 0.347 e. The molecule has 0 rings (SSSR count). The summed E-state index contributed by atoms with van der Waals surface area (Å²) in [5, 5.41) is 2.68. The number of rotatable bonds is 8. The van der Waals surface area contributed by atoms with Gasteiger partial charge < -0.3 is 16.0 Å². The number of hydrogen-bond donors (Lipinski definition) is 2. The van der Waals surface area contributed by atoms with E-state index < -0.39 is 0 Å². The van der Waals surface area contributed by atoms with Crippen molar-refractivity contribution in [2.75, 3.05) is 26.2 Å². The molecule has 0 aliphatic rings. The number of nitrogens with zero attached hydrogens (tertiary/aromatic N) is 1. The van der Waals surface area contributed by atoms with Gasteiger partial charge in [0.2, 0.25) is 11.8 Å². The zero-order chi connectivity index (χ0) is 14.1. The Balaban J connectivity index is 4.18. The predicted molar refractivity (Wildman–Crippen MR) is 72.9 cm³/mol. The van der Waals surface area contributed by atoms with Gasteiger partial charge in [-0.25, -0.2) is 0 Å². The summed E-state index contributed by atoms with van der Waals surface area (Å²) in [7, 11) is 0. The highest BCUT2D eigenvalue weighted by Gasteiger charge is 2.19. The number of nitrogens with two attached hydrogens (primary N) is 1. The van der Waals surface area contributed by atoms with Crippen LogP contribution in [0.4, 0.5) is 0 Å². The lowest BCUT2D eigenvalue weighted by atomic mass is 9.96. The van der Waals surface area contributed by atoms with Gasteiger partial charge in [-0.3, -0.25) is 9.59 Å². The van der Waals surface area contributed by atoms with Gasteiger partial charge >= 0.3 is 0 Å². The van der Waals surface area contributed by atoms with Gasteiger partial charge in [0.25, 0.3) is 0 Å². The summed E-state index contributed by atoms with van der Waals surface area (Å²) in [4.78, 5) is 25.3. The van der Waals surface area contributed by atoms with Crippen LogP contribution < -0.4 is 11.1 Å². The maximum atomic E-state index is 11.9. The molecule has 0 saturated carbocycles. The highest BCUT2D eigenvalue weighted by Crippen LogP contribution is 2.10. The first-order valence-electron chi connectivity index (χ1n) is 6.71. The molecule has 0 fully saturated rings. The monoisotopic (exact) mass is 257 g/mol. The van der Waals surface area contributed by atoms with Gasteiger partial charge in [0, 0.05) is 19.6 Å². The van der Waals surface area contributed by atoms with Crippen LogP contribution in [0.25, 0.3) is 0 Å². The lowest BCUT2D eigenvalue weighted by molar-refractivity contribution is -0.133. The molecule has 1 atom stereocenters. The molecule has 5 heteroatoms. The summed E-state index contributed by atoms with van der Waals surface area (Å²) < 4.78 is 0. The summed E-state index contributed by atoms with van der Waals surface area (Å²) >= 11 is 0. The Bertz CT molecular complexity index is 263. The number of nitrogens with one attached hydrogen (secondary N) is 1. The van der Waals surface area contributed by atoms with Crippen molar-refractivity contribution < 1.29 is 9.59 Å². The van der Waals surface area contributed by atoms with Crippen molar-refractivity contribution in [2.45, 2.75) is 34.1 Å². The molecule has 5 nitrogen and oxygen atoms in total. The van der Waals surface area contributed by atoms with Gasteiger partial charge in [-0.1, -0.05) is 13.8 Å². The molecule has 1 unspecified atom stereocenters. The first-order valence-corrected chi connectivity index (χ1v) is 6.71. The van der Waals surface area contributed by atoms with Crippen molar-refractivity contribution in [3.63, 3.8) is 0 Å². The standard InChI is InChI=1S/C13H27N3O2/c1-5-16(6-2)12(17)9-15-13(18)11(8-14)7-10(3)4/h10-11H,5-9,14H2,1-4H3,(H,15,18). The van der Waals surface area contributed by atoms with Gasteiger partial charge in [0.05, 0.1) is 12.5 Å². The minimum atomic E-state index is -0.200. The van der Waals surface area contributed by atoms with Crippen molar-refractivity contribution in [2.24, 2.45) is 17.6 Å². The molecule has 0 aromatic rings. The molecule has 0 radical (unpaired) electrons. The van der Waals surface area contributed by atoms with Crippen LogP contribution in [0.5, 0.6) is 0 Å². The molecule has 2 amide bonds. The molecule has 106 valence electrons. The van der Waals surface area contributed by atoms with Crippen LogP contribution in [0.1, 0.15) is 34.1 Å². The van der Waals surface area contributed by atoms with E-state index in [4.69, 9.17) is 5.73 Å². The van der Waals surface area contributed by atoms with Crippen LogP contribution in [0, 0.1) is 11.8 Å². The fourth-order valence-corrected chi connectivity index (χ4v) is 1.87. The van der Waals surface area contributed by atoms with Gasteiger partial charge in [0.1, 0.15) is 0 Å². The van der Waals surface area contributed by atoms with Gasteiger partial charge in [-0.2, -0.15) is 0 Å². The first kappa shape index (κ1) is 16.9. The fraction of sp³-hybridized carbons (Fsp3) is 0.846. The second-order valence-electron chi connectivity index (χ2n) is 4.85. The van der Waals surface area contributed by atoms with Crippen LogP contribution in [-0.4, -0.2) is 42.9 Å². The molecule has 0 aromatic carbocycles. The number of likely N-dealkylation sites (N-methyl/N-ethyl adjacent to an activating group) is 1. The summed E-state index contributed by atoms with van der Waals surface area (Å²) in [6, 6.07) is 0. The minimum Gasteiger partial charge on any atom is -0.347 e. The quantitative estimate of drug-likeness (QED) is 0.668. The molecule has 0 spiro atoms. The third-order valence-electron chi connectivity index (χ3n) is 2.94. The SMILES string of the molecule is CCN(CC)C(=O)CNC(=O)C(CN)CC(C)C. The first-order chi connectivity index (χ1) is 8.46. The zero-order valence-electron chi connectivity index (χ0n) is 12.0. The molecule has 18 heavy (non-hydrogen) atoms. The molecule has 0 saturated heterocycles. The number of carbonyl (C=O) groups excluding carboxylic acids is 2. The van der Waals surface area contributed by atoms with Crippen LogP contribution in [0.2, 0.25) is 0 Å². The Labute approximate surface area is 110 Å². The molecule has 0 aliphatic heterocycles. The Morgan fingerprint density at radius 3 is 2.17 bits per heavy atom. The third-order valence-corrected chi connectivity index (χ3v) is 2.94. The smallest absolute Gasteiger partial charge is 0.241 e. The predicted octanol–water partition coefficient (Wildman–Crippen LogP) is 0.592. The average Bonchev–Trinajstić information content (AvgIpc) is 2.34. The molecule has 3 N–H and O–H groups in total. The molecule has 0 heterocycles. The van der Waals surface area contributed by atoms with Gasteiger partial charge in [-0.15, -0.1) is 0 Å². The van der Waals surface area contributed by atoms with Crippen LogP contribution in [0.15, 0.2) is 0 Å². The van der Waals surface area contributed by atoms with Crippen molar-refractivity contribution in [1.82, 2.24) is 10.2 Å². The third kappa shape index (κ3) is 6.00. The maximum Gasteiger partial charge on any atom is 0.241 e.